The molecule has 0 saturated heterocycles. The van der Waals surface area contributed by atoms with Crippen LogP contribution in [0, 0.1) is 5.92 Å². The van der Waals surface area contributed by atoms with Gasteiger partial charge in [-0.2, -0.15) is 0 Å². The Balaban J connectivity index is 1.60. The third kappa shape index (κ3) is 3.87. The van der Waals surface area contributed by atoms with Crippen molar-refractivity contribution in [2.45, 2.75) is 70.5 Å². The van der Waals surface area contributed by atoms with Gasteiger partial charge in [-0.25, -0.2) is 0 Å². The quantitative estimate of drug-likeness (QED) is 0.868. The zero-order valence-electron chi connectivity index (χ0n) is 13.4. The van der Waals surface area contributed by atoms with E-state index in [4.69, 9.17) is 0 Å². The Morgan fingerprint density at radius 1 is 1.10 bits per heavy atom. The number of hydrogen-bond donors (Lipinski definition) is 2. The molecule has 3 rings (SSSR count). The molecule has 1 unspecified atom stereocenters. The Bertz CT molecular complexity index is 435. The summed E-state index contributed by atoms with van der Waals surface area (Å²) in [5.41, 5.74) is 3.00. The lowest BCUT2D eigenvalue weighted by molar-refractivity contribution is 0.260. The molecule has 1 aromatic carbocycles. The lowest BCUT2D eigenvalue weighted by Crippen LogP contribution is -2.36. The molecule has 2 nitrogen and oxygen atoms in total. The van der Waals surface area contributed by atoms with Gasteiger partial charge < -0.3 is 10.6 Å². The fourth-order valence-electron chi connectivity index (χ4n) is 4.14. The molecule has 0 bridgehead atoms. The Morgan fingerprint density at radius 2 is 1.90 bits per heavy atom. The molecule has 1 fully saturated rings. The van der Waals surface area contributed by atoms with E-state index in [1.165, 1.54) is 56.1 Å². The van der Waals surface area contributed by atoms with Crippen LogP contribution in [0.5, 0.6) is 0 Å². The largest absolute Gasteiger partial charge is 0.313 e. The average molecular weight is 286 g/mol. The third-order valence-electron chi connectivity index (χ3n) is 5.34. The molecule has 1 saturated carbocycles. The molecular formula is C19H30N2. The van der Waals surface area contributed by atoms with Gasteiger partial charge in [0.15, 0.2) is 0 Å². The molecular weight excluding hydrogens is 256 g/mol. The van der Waals surface area contributed by atoms with E-state index in [9.17, 15) is 0 Å². The van der Waals surface area contributed by atoms with Crippen LogP contribution in [0.3, 0.4) is 0 Å². The van der Waals surface area contributed by atoms with Gasteiger partial charge in [-0.3, -0.25) is 0 Å². The number of hydrogen-bond acceptors (Lipinski definition) is 2. The van der Waals surface area contributed by atoms with E-state index in [1.54, 1.807) is 0 Å². The SMILES string of the molecule is CCCC1CCC(NC2CCNCc3ccccc32)CC1. The first kappa shape index (κ1) is 15.1. The van der Waals surface area contributed by atoms with Crippen molar-refractivity contribution < 1.29 is 0 Å². The third-order valence-corrected chi connectivity index (χ3v) is 5.34. The smallest absolute Gasteiger partial charge is 0.0337 e. The molecule has 1 aromatic rings. The van der Waals surface area contributed by atoms with Crippen LogP contribution in [0.15, 0.2) is 24.3 Å². The molecule has 1 heterocycles. The van der Waals surface area contributed by atoms with Crippen LogP contribution in [0.4, 0.5) is 0 Å². The van der Waals surface area contributed by atoms with Crippen molar-refractivity contribution in [2.75, 3.05) is 6.54 Å². The molecule has 2 aliphatic rings. The number of rotatable bonds is 4. The second kappa shape index (κ2) is 7.42. The highest BCUT2D eigenvalue weighted by atomic mass is 15.0. The van der Waals surface area contributed by atoms with Crippen LogP contribution < -0.4 is 10.6 Å². The summed E-state index contributed by atoms with van der Waals surface area (Å²) in [6.45, 7) is 4.47. The van der Waals surface area contributed by atoms with Crippen molar-refractivity contribution in [1.29, 1.82) is 0 Å². The van der Waals surface area contributed by atoms with Crippen LogP contribution in [-0.4, -0.2) is 12.6 Å². The highest BCUT2D eigenvalue weighted by Crippen LogP contribution is 2.31. The van der Waals surface area contributed by atoms with Crippen molar-refractivity contribution in [3.8, 4) is 0 Å². The molecule has 0 spiro atoms. The molecule has 0 amide bonds. The van der Waals surface area contributed by atoms with Crippen LogP contribution in [0.2, 0.25) is 0 Å². The van der Waals surface area contributed by atoms with Crippen molar-refractivity contribution in [3.05, 3.63) is 35.4 Å². The van der Waals surface area contributed by atoms with Gasteiger partial charge in [0, 0.05) is 18.6 Å². The highest BCUT2D eigenvalue weighted by Gasteiger charge is 2.25. The Morgan fingerprint density at radius 3 is 2.71 bits per heavy atom. The second-order valence-electron chi connectivity index (χ2n) is 6.89. The lowest BCUT2D eigenvalue weighted by atomic mass is 9.83. The summed E-state index contributed by atoms with van der Waals surface area (Å²) < 4.78 is 0. The first-order valence-corrected chi connectivity index (χ1v) is 8.91. The minimum absolute atomic E-state index is 0.545. The number of fused-ring (bicyclic) bond motifs is 1. The summed E-state index contributed by atoms with van der Waals surface area (Å²) >= 11 is 0. The standard InChI is InChI=1S/C19H30N2/c1-2-5-15-8-10-17(11-9-15)21-19-12-13-20-14-16-6-3-4-7-18(16)19/h3-4,6-7,15,17,19-21H,2,5,8-14H2,1H3. The summed E-state index contributed by atoms with van der Waals surface area (Å²) in [5, 5.41) is 7.53. The van der Waals surface area contributed by atoms with Gasteiger partial charge in [-0.15, -0.1) is 0 Å². The first-order chi connectivity index (χ1) is 10.4. The summed E-state index contributed by atoms with van der Waals surface area (Å²) in [7, 11) is 0. The maximum absolute atomic E-state index is 3.98. The summed E-state index contributed by atoms with van der Waals surface area (Å²) in [5.74, 6) is 0.996. The minimum Gasteiger partial charge on any atom is -0.313 e. The molecule has 21 heavy (non-hydrogen) atoms. The predicted octanol–water partition coefficient (Wildman–Crippen LogP) is 4.17. The number of nitrogens with one attached hydrogen (secondary N) is 2. The van der Waals surface area contributed by atoms with Gasteiger partial charge in [-0.1, -0.05) is 44.0 Å². The zero-order chi connectivity index (χ0) is 14.5. The fraction of sp³-hybridized carbons (Fsp3) is 0.684. The van der Waals surface area contributed by atoms with Gasteiger partial charge in [0.2, 0.25) is 0 Å². The van der Waals surface area contributed by atoms with Crippen molar-refractivity contribution in [2.24, 2.45) is 5.92 Å². The normalized spacial score (nSPS) is 29.7. The molecule has 2 N–H and O–H groups in total. The van der Waals surface area contributed by atoms with E-state index in [2.05, 4.69) is 41.8 Å². The zero-order valence-corrected chi connectivity index (χ0v) is 13.4. The Hall–Kier alpha value is -0.860. The van der Waals surface area contributed by atoms with Crippen LogP contribution in [0.1, 0.15) is 69.0 Å². The summed E-state index contributed by atoms with van der Waals surface area (Å²) in [6.07, 6.45) is 9.60. The van der Waals surface area contributed by atoms with E-state index < -0.39 is 0 Å². The molecule has 2 heteroatoms. The number of benzene rings is 1. The topological polar surface area (TPSA) is 24.1 Å². The average Bonchev–Trinajstić information content (AvgIpc) is 2.72. The predicted molar refractivity (Wildman–Crippen MR) is 89.3 cm³/mol. The van der Waals surface area contributed by atoms with Crippen LogP contribution in [0.25, 0.3) is 0 Å². The van der Waals surface area contributed by atoms with Crippen molar-refractivity contribution in [3.63, 3.8) is 0 Å². The summed E-state index contributed by atoms with van der Waals surface area (Å²) in [4.78, 5) is 0. The van der Waals surface area contributed by atoms with E-state index in [-0.39, 0.29) is 0 Å². The second-order valence-corrected chi connectivity index (χ2v) is 6.89. The summed E-state index contributed by atoms with van der Waals surface area (Å²) in [6, 6.07) is 10.2. The Labute approximate surface area is 129 Å². The fourth-order valence-corrected chi connectivity index (χ4v) is 4.14. The minimum atomic E-state index is 0.545. The highest BCUT2D eigenvalue weighted by molar-refractivity contribution is 5.31. The van der Waals surface area contributed by atoms with Crippen LogP contribution in [-0.2, 0) is 6.54 Å². The van der Waals surface area contributed by atoms with Gasteiger partial charge >= 0.3 is 0 Å². The van der Waals surface area contributed by atoms with E-state index in [0.717, 1.165) is 25.0 Å². The van der Waals surface area contributed by atoms with Gasteiger partial charge in [0.1, 0.15) is 0 Å². The Kier molecular flexibility index (Phi) is 5.32. The molecule has 1 aliphatic carbocycles. The van der Waals surface area contributed by atoms with Crippen LogP contribution >= 0.6 is 0 Å². The van der Waals surface area contributed by atoms with Crippen molar-refractivity contribution in [1.82, 2.24) is 10.6 Å². The van der Waals surface area contributed by atoms with E-state index in [0.29, 0.717) is 6.04 Å². The molecule has 1 aliphatic heterocycles. The van der Waals surface area contributed by atoms with Gasteiger partial charge in [0.25, 0.3) is 0 Å². The van der Waals surface area contributed by atoms with Gasteiger partial charge in [-0.05, 0) is 55.7 Å². The molecule has 0 aromatic heterocycles. The van der Waals surface area contributed by atoms with E-state index >= 15 is 0 Å². The lowest BCUT2D eigenvalue weighted by Gasteiger charge is -2.32. The molecule has 1 atom stereocenters. The van der Waals surface area contributed by atoms with Crippen molar-refractivity contribution >= 4 is 0 Å². The van der Waals surface area contributed by atoms with Gasteiger partial charge in [0.05, 0.1) is 0 Å². The monoisotopic (exact) mass is 286 g/mol. The molecule has 0 radical (unpaired) electrons. The maximum Gasteiger partial charge on any atom is 0.0337 e. The maximum atomic E-state index is 3.98. The van der Waals surface area contributed by atoms with E-state index in [1.807, 2.05) is 0 Å². The molecule has 116 valence electrons. The first-order valence-electron chi connectivity index (χ1n) is 8.91.